The van der Waals surface area contributed by atoms with Crippen LogP contribution in [-0.2, 0) is 14.3 Å². The van der Waals surface area contributed by atoms with Gasteiger partial charge in [-0.25, -0.2) is 0 Å². The third-order valence-corrected chi connectivity index (χ3v) is 12.2. The molecular weight excluding hydrogens is 719 g/mol. The summed E-state index contributed by atoms with van der Waals surface area (Å²) in [6.45, 7) is 3.82. The zero-order chi connectivity index (χ0) is 41.6. The first-order chi connectivity index (χ1) is 27.8. The van der Waals surface area contributed by atoms with Crippen molar-refractivity contribution in [1.82, 2.24) is 5.32 Å². The van der Waals surface area contributed by atoms with Crippen LogP contribution in [0.25, 0.3) is 0 Å². The minimum atomic E-state index is -1.55. The van der Waals surface area contributed by atoms with Crippen LogP contribution in [0.1, 0.15) is 245 Å². The highest BCUT2D eigenvalue weighted by molar-refractivity contribution is 5.76. The van der Waals surface area contributed by atoms with Gasteiger partial charge in [0.2, 0.25) is 5.91 Å². The molecule has 1 aliphatic rings. The molecule has 1 aliphatic heterocycles. The molecule has 1 saturated heterocycles. The molecule has 0 saturated carbocycles. The van der Waals surface area contributed by atoms with E-state index in [2.05, 4.69) is 19.2 Å². The number of amides is 1. The van der Waals surface area contributed by atoms with E-state index in [9.17, 15) is 30.3 Å². The number of rotatable bonds is 42. The third-order valence-electron chi connectivity index (χ3n) is 12.2. The standard InChI is InChI=1S/C48H95NO8/c1-3-5-7-9-11-13-14-15-16-17-18-19-20-21-22-23-24-25-26-27-28-29-30-32-34-36-38-44(52)49-41(42(51)37-35-33-31-12-10-8-6-4-2)40-56-48-47(55)46(54)45(53)43(39-50)57-48/h41-43,45-48,50-51,53-55H,3-40H2,1-2H3,(H,49,52). The van der Waals surface area contributed by atoms with E-state index in [-0.39, 0.29) is 12.5 Å². The summed E-state index contributed by atoms with van der Waals surface area (Å²) in [7, 11) is 0. The highest BCUT2D eigenvalue weighted by atomic mass is 16.7. The number of nitrogens with one attached hydrogen (secondary N) is 1. The molecule has 9 heteroatoms. The summed E-state index contributed by atoms with van der Waals surface area (Å²) in [5, 5.41) is 54.2. The number of carbonyl (C=O) groups is 1. The van der Waals surface area contributed by atoms with E-state index in [4.69, 9.17) is 9.47 Å². The number of aliphatic hydroxyl groups is 5. The van der Waals surface area contributed by atoms with Crippen LogP contribution >= 0.6 is 0 Å². The highest BCUT2D eigenvalue weighted by Crippen LogP contribution is 2.23. The predicted octanol–water partition coefficient (Wildman–Crippen LogP) is 10.7. The lowest BCUT2D eigenvalue weighted by atomic mass is 9.99. The molecule has 1 heterocycles. The van der Waals surface area contributed by atoms with Crippen molar-refractivity contribution >= 4 is 5.91 Å². The normalized spacial score (nSPS) is 20.9. The van der Waals surface area contributed by atoms with Gasteiger partial charge in [-0.2, -0.15) is 0 Å². The molecule has 9 nitrogen and oxygen atoms in total. The van der Waals surface area contributed by atoms with Gasteiger partial charge >= 0.3 is 0 Å². The van der Waals surface area contributed by atoms with Crippen molar-refractivity contribution in [3.8, 4) is 0 Å². The Hall–Kier alpha value is -0.810. The second kappa shape index (κ2) is 39.3. The van der Waals surface area contributed by atoms with Crippen LogP contribution < -0.4 is 5.32 Å². The predicted molar refractivity (Wildman–Crippen MR) is 235 cm³/mol. The first kappa shape index (κ1) is 54.2. The average molecular weight is 814 g/mol. The van der Waals surface area contributed by atoms with Gasteiger partial charge in [0.05, 0.1) is 25.4 Å². The summed E-state index contributed by atoms with van der Waals surface area (Å²) in [5.74, 6) is -0.142. The van der Waals surface area contributed by atoms with Crippen LogP contribution in [0.5, 0.6) is 0 Å². The number of hydrogen-bond donors (Lipinski definition) is 6. The van der Waals surface area contributed by atoms with Crippen LogP contribution in [0, 0.1) is 0 Å². The van der Waals surface area contributed by atoms with Gasteiger partial charge < -0.3 is 40.3 Å². The van der Waals surface area contributed by atoms with Gasteiger partial charge in [0.25, 0.3) is 0 Å². The van der Waals surface area contributed by atoms with Crippen LogP contribution in [0.15, 0.2) is 0 Å². The highest BCUT2D eigenvalue weighted by Gasteiger charge is 2.44. The maximum atomic E-state index is 12.9. The molecule has 7 atom stereocenters. The van der Waals surface area contributed by atoms with E-state index in [1.165, 1.54) is 180 Å². The first-order valence-corrected chi connectivity index (χ1v) is 24.7. The number of unbranched alkanes of at least 4 members (excludes halogenated alkanes) is 32. The van der Waals surface area contributed by atoms with E-state index in [1.807, 2.05) is 0 Å². The van der Waals surface area contributed by atoms with Gasteiger partial charge in [-0.1, -0.05) is 226 Å². The lowest BCUT2D eigenvalue weighted by molar-refractivity contribution is -0.302. The smallest absolute Gasteiger partial charge is 0.220 e. The van der Waals surface area contributed by atoms with Crippen LogP contribution in [0.2, 0.25) is 0 Å². The molecule has 340 valence electrons. The van der Waals surface area contributed by atoms with Gasteiger partial charge in [-0.3, -0.25) is 4.79 Å². The Morgan fingerprint density at radius 3 is 1.25 bits per heavy atom. The molecule has 6 N–H and O–H groups in total. The Labute approximate surface area is 351 Å². The Kier molecular flexibility index (Phi) is 37.4. The first-order valence-electron chi connectivity index (χ1n) is 24.7. The molecule has 0 aromatic carbocycles. The SMILES string of the molecule is CCCCCCCCCCCCCCCCCCCCCCCCCCCCC(=O)NC(COC1OC(CO)C(O)C(O)C1O)C(O)CCCCCCCCCC. The molecule has 0 aromatic rings. The molecule has 7 unspecified atom stereocenters. The maximum absolute atomic E-state index is 12.9. The number of ether oxygens (including phenoxy) is 2. The van der Waals surface area contributed by atoms with Gasteiger partial charge in [0, 0.05) is 6.42 Å². The molecule has 1 rings (SSSR count). The van der Waals surface area contributed by atoms with E-state index in [0.29, 0.717) is 12.8 Å². The quantitative estimate of drug-likeness (QED) is 0.0334. The molecule has 0 aromatic heterocycles. The van der Waals surface area contributed by atoms with E-state index < -0.39 is 49.5 Å². The van der Waals surface area contributed by atoms with Crippen molar-refractivity contribution in [2.45, 2.75) is 288 Å². The van der Waals surface area contributed by atoms with E-state index >= 15 is 0 Å². The summed E-state index contributed by atoms with van der Waals surface area (Å²) in [4.78, 5) is 12.9. The fourth-order valence-corrected chi connectivity index (χ4v) is 8.22. The molecule has 0 spiro atoms. The van der Waals surface area contributed by atoms with Crippen molar-refractivity contribution in [2.24, 2.45) is 0 Å². The van der Waals surface area contributed by atoms with Crippen LogP contribution in [-0.4, -0.2) is 87.5 Å². The fraction of sp³-hybridized carbons (Fsp3) is 0.979. The molecule has 0 radical (unpaired) electrons. The van der Waals surface area contributed by atoms with Crippen molar-refractivity contribution < 1.29 is 39.8 Å². The minimum absolute atomic E-state index is 0.133. The summed E-state index contributed by atoms with van der Waals surface area (Å²) >= 11 is 0. The Morgan fingerprint density at radius 1 is 0.526 bits per heavy atom. The molecule has 1 fully saturated rings. The van der Waals surface area contributed by atoms with Crippen LogP contribution in [0.4, 0.5) is 0 Å². The molecule has 1 amide bonds. The molecule has 0 bridgehead atoms. The van der Waals surface area contributed by atoms with Crippen molar-refractivity contribution in [1.29, 1.82) is 0 Å². The van der Waals surface area contributed by atoms with Gasteiger partial charge in [-0.15, -0.1) is 0 Å². The molecule has 0 aliphatic carbocycles. The number of hydrogen-bond acceptors (Lipinski definition) is 8. The largest absolute Gasteiger partial charge is 0.394 e. The van der Waals surface area contributed by atoms with Gasteiger partial charge in [0.15, 0.2) is 6.29 Å². The zero-order valence-electron chi connectivity index (χ0n) is 37.4. The molecular formula is C48H95NO8. The number of aliphatic hydroxyl groups excluding tert-OH is 5. The van der Waals surface area contributed by atoms with Crippen molar-refractivity contribution in [3.63, 3.8) is 0 Å². The van der Waals surface area contributed by atoms with Crippen molar-refractivity contribution in [3.05, 3.63) is 0 Å². The van der Waals surface area contributed by atoms with Gasteiger partial charge in [0.1, 0.15) is 24.4 Å². The summed E-state index contributed by atoms with van der Waals surface area (Å²) < 4.78 is 11.2. The second-order valence-electron chi connectivity index (χ2n) is 17.6. The lowest BCUT2D eigenvalue weighted by Gasteiger charge is -2.40. The summed E-state index contributed by atoms with van der Waals surface area (Å²) in [6, 6.07) is -0.710. The topological polar surface area (TPSA) is 149 Å². The monoisotopic (exact) mass is 814 g/mol. The van der Waals surface area contributed by atoms with Gasteiger partial charge in [-0.05, 0) is 12.8 Å². The van der Waals surface area contributed by atoms with E-state index in [1.54, 1.807) is 0 Å². The number of carbonyl (C=O) groups excluding carboxylic acids is 1. The van der Waals surface area contributed by atoms with Crippen molar-refractivity contribution in [2.75, 3.05) is 13.2 Å². The maximum Gasteiger partial charge on any atom is 0.220 e. The Morgan fingerprint density at radius 2 is 0.877 bits per heavy atom. The Bertz CT molecular complexity index is 862. The van der Waals surface area contributed by atoms with Crippen LogP contribution in [0.3, 0.4) is 0 Å². The van der Waals surface area contributed by atoms with E-state index in [0.717, 1.165) is 38.5 Å². The minimum Gasteiger partial charge on any atom is -0.394 e. The molecule has 57 heavy (non-hydrogen) atoms. The summed E-state index contributed by atoms with van der Waals surface area (Å²) in [5.41, 5.74) is 0. The zero-order valence-corrected chi connectivity index (χ0v) is 37.4. The Balaban J connectivity index is 2.12. The fourth-order valence-electron chi connectivity index (χ4n) is 8.22. The lowest BCUT2D eigenvalue weighted by Crippen LogP contribution is -2.60. The average Bonchev–Trinajstić information content (AvgIpc) is 3.21. The third kappa shape index (κ3) is 30.0. The second-order valence-corrected chi connectivity index (χ2v) is 17.6. The summed E-state index contributed by atoms with van der Waals surface area (Å²) in [6.07, 6.45) is 37.2.